The molecule has 0 bridgehead atoms. The van der Waals surface area contributed by atoms with Crippen LogP contribution in [0.1, 0.15) is 21.8 Å². The first-order valence-electron chi connectivity index (χ1n) is 6.61. The molecule has 1 aromatic carbocycles. The molecule has 2 heterocycles. The van der Waals surface area contributed by atoms with Gasteiger partial charge in [0.05, 0.1) is 16.4 Å². The number of nitrogens with one attached hydrogen (secondary N) is 1. The molecule has 0 saturated carbocycles. The summed E-state index contributed by atoms with van der Waals surface area (Å²) in [5, 5.41) is 8.85. The lowest BCUT2D eigenvalue weighted by molar-refractivity contribution is 0.102. The Bertz CT molecular complexity index is 871. The maximum atomic E-state index is 13.1. The standard InChI is InChI=1S/C15H11ClFN3O2S/c1-7-13(8(2)22-20-7)14(21)19-15-18-12(6-23-15)10-4-3-9(17)5-11(10)16/h3-6H,1-2H3,(H,18,19,21). The minimum Gasteiger partial charge on any atom is -0.361 e. The predicted octanol–water partition coefficient (Wildman–Crippen LogP) is 4.46. The fourth-order valence-electron chi connectivity index (χ4n) is 2.12. The first-order chi connectivity index (χ1) is 11.0. The maximum Gasteiger partial charge on any atom is 0.262 e. The molecule has 0 aliphatic rings. The van der Waals surface area contributed by atoms with E-state index in [2.05, 4.69) is 15.5 Å². The highest BCUT2D eigenvalue weighted by atomic mass is 35.5. The summed E-state index contributed by atoms with van der Waals surface area (Å²) in [6.07, 6.45) is 0. The van der Waals surface area contributed by atoms with Crippen LogP contribution in [-0.4, -0.2) is 16.0 Å². The minimum atomic E-state index is -0.416. The third-order valence-corrected chi connectivity index (χ3v) is 4.26. The quantitative estimate of drug-likeness (QED) is 0.756. The van der Waals surface area contributed by atoms with E-state index in [0.717, 1.165) is 0 Å². The van der Waals surface area contributed by atoms with Crippen molar-refractivity contribution in [3.8, 4) is 11.3 Å². The highest BCUT2D eigenvalue weighted by Gasteiger charge is 2.19. The van der Waals surface area contributed by atoms with Crippen LogP contribution in [0.15, 0.2) is 28.1 Å². The molecule has 0 saturated heterocycles. The van der Waals surface area contributed by atoms with Crippen LogP contribution in [0.5, 0.6) is 0 Å². The summed E-state index contributed by atoms with van der Waals surface area (Å²) in [6, 6.07) is 4.08. The van der Waals surface area contributed by atoms with Crippen molar-refractivity contribution in [3.63, 3.8) is 0 Å². The van der Waals surface area contributed by atoms with Crippen molar-refractivity contribution in [1.82, 2.24) is 10.1 Å². The maximum absolute atomic E-state index is 13.1. The SMILES string of the molecule is Cc1noc(C)c1C(=O)Nc1nc(-c2ccc(F)cc2Cl)cs1. The summed E-state index contributed by atoms with van der Waals surface area (Å²) in [5.74, 6) is -0.313. The lowest BCUT2D eigenvalue weighted by Crippen LogP contribution is -2.13. The molecule has 0 aliphatic heterocycles. The highest BCUT2D eigenvalue weighted by molar-refractivity contribution is 7.14. The molecule has 1 N–H and O–H groups in total. The van der Waals surface area contributed by atoms with E-state index in [0.29, 0.717) is 33.4 Å². The molecule has 3 aromatic rings. The molecule has 0 atom stereocenters. The number of carbonyl (C=O) groups is 1. The third kappa shape index (κ3) is 3.11. The second-order valence-electron chi connectivity index (χ2n) is 4.82. The number of thiazole rings is 1. The number of nitrogens with zero attached hydrogens (tertiary/aromatic N) is 2. The van der Waals surface area contributed by atoms with E-state index in [4.69, 9.17) is 16.1 Å². The van der Waals surface area contributed by atoms with Crippen LogP contribution in [0.3, 0.4) is 0 Å². The number of hydrogen-bond donors (Lipinski definition) is 1. The second kappa shape index (κ2) is 6.10. The van der Waals surface area contributed by atoms with E-state index in [1.165, 1.54) is 23.5 Å². The average molecular weight is 352 g/mol. The van der Waals surface area contributed by atoms with Gasteiger partial charge in [-0.25, -0.2) is 9.37 Å². The van der Waals surface area contributed by atoms with Gasteiger partial charge in [-0.05, 0) is 32.0 Å². The molecule has 0 spiro atoms. The Morgan fingerprint density at radius 3 is 2.83 bits per heavy atom. The number of halogens is 2. The Morgan fingerprint density at radius 2 is 2.17 bits per heavy atom. The van der Waals surface area contributed by atoms with Gasteiger partial charge in [0.1, 0.15) is 17.1 Å². The summed E-state index contributed by atoms with van der Waals surface area (Å²) < 4.78 is 18.1. The third-order valence-electron chi connectivity index (χ3n) is 3.19. The Morgan fingerprint density at radius 1 is 1.39 bits per heavy atom. The number of rotatable bonds is 3. The molecule has 5 nitrogen and oxygen atoms in total. The van der Waals surface area contributed by atoms with Gasteiger partial charge in [-0.15, -0.1) is 11.3 Å². The predicted molar refractivity (Wildman–Crippen MR) is 86.4 cm³/mol. The van der Waals surface area contributed by atoms with E-state index < -0.39 is 5.82 Å². The number of aryl methyl sites for hydroxylation is 2. The smallest absolute Gasteiger partial charge is 0.262 e. The van der Waals surface area contributed by atoms with E-state index in [-0.39, 0.29) is 10.9 Å². The Kier molecular flexibility index (Phi) is 4.14. The van der Waals surface area contributed by atoms with Crippen molar-refractivity contribution >= 4 is 34.0 Å². The Balaban J connectivity index is 1.84. The molecular weight excluding hydrogens is 341 g/mol. The molecule has 3 rings (SSSR count). The molecule has 8 heteroatoms. The molecule has 0 unspecified atom stereocenters. The van der Waals surface area contributed by atoms with E-state index in [9.17, 15) is 9.18 Å². The van der Waals surface area contributed by atoms with Gasteiger partial charge in [0.25, 0.3) is 5.91 Å². The van der Waals surface area contributed by atoms with Gasteiger partial charge >= 0.3 is 0 Å². The van der Waals surface area contributed by atoms with Gasteiger partial charge in [-0.2, -0.15) is 0 Å². The number of anilines is 1. The first kappa shape index (κ1) is 15.6. The average Bonchev–Trinajstić information content (AvgIpc) is 3.06. The van der Waals surface area contributed by atoms with Gasteiger partial charge in [0.15, 0.2) is 5.13 Å². The molecule has 0 aliphatic carbocycles. The molecule has 2 aromatic heterocycles. The second-order valence-corrected chi connectivity index (χ2v) is 6.08. The highest BCUT2D eigenvalue weighted by Crippen LogP contribution is 2.31. The molecular formula is C15H11ClFN3O2S. The lowest BCUT2D eigenvalue weighted by Gasteiger charge is -2.01. The minimum absolute atomic E-state index is 0.263. The van der Waals surface area contributed by atoms with Crippen LogP contribution >= 0.6 is 22.9 Å². The Hall–Kier alpha value is -2.25. The largest absolute Gasteiger partial charge is 0.361 e. The summed E-state index contributed by atoms with van der Waals surface area (Å²) in [4.78, 5) is 16.6. The van der Waals surface area contributed by atoms with Crippen molar-refractivity contribution in [1.29, 1.82) is 0 Å². The summed E-state index contributed by atoms with van der Waals surface area (Å²) in [5.41, 5.74) is 2.07. The van der Waals surface area contributed by atoms with Crippen LogP contribution < -0.4 is 5.32 Å². The number of benzene rings is 1. The van der Waals surface area contributed by atoms with Gasteiger partial charge < -0.3 is 4.52 Å². The van der Waals surface area contributed by atoms with Crippen LogP contribution in [0.4, 0.5) is 9.52 Å². The first-order valence-corrected chi connectivity index (χ1v) is 7.86. The zero-order valence-corrected chi connectivity index (χ0v) is 13.8. The lowest BCUT2D eigenvalue weighted by atomic mass is 10.2. The van der Waals surface area contributed by atoms with Crippen LogP contribution in [-0.2, 0) is 0 Å². The van der Waals surface area contributed by atoms with Crippen LogP contribution in [0.2, 0.25) is 5.02 Å². The van der Waals surface area contributed by atoms with Crippen LogP contribution in [0.25, 0.3) is 11.3 Å². The van der Waals surface area contributed by atoms with Crippen molar-refractivity contribution in [2.45, 2.75) is 13.8 Å². The van der Waals surface area contributed by atoms with Gasteiger partial charge in [-0.1, -0.05) is 16.8 Å². The summed E-state index contributed by atoms with van der Waals surface area (Å²) >= 11 is 7.27. The van der Waals surface area contributed by atoms with E-state index >= 15 is 0 Å². The summed E-state index contributed by atoms with van der Waals surface area (Å²) in [7, 11) is 0. The van der Waals surface area contributed by atoms with Gasteiger partial charge in [0.2, 0.25) is 0 Å². The Labute approximate surface area is 140 Å². The normalized spacial score (nSPS) is 10.8. The van der Waals surface area contributed by atoms with Crippen LogP contribution in [0, 0.1) is 19.7 Å². The van der Waals surface area contributed by atoms with E-state index in [1.807, 2.05) is 0 Å². The van der Waals surface area contributed by atoms with Crippen molar-refractivity contribution in [3.05, 3.63) is 51.4 Å². The molecule has 118 valence electrons. The summed E-state index contributed by atoms with van der Waals surface area (Å²) in [6.45, 7) is 3.36. The number of hydrogen-bond acceptors (Lipinski definition) is 5. The molecule has 23 heavy (non-hydrogen) atoms. The van der Waals surface area contributed by atoms with Gasteiger partial charge in [0, 0.05) is 10.9 Å². The van der Waals surface area contributed by atoms with Gasteiger partial charge in [-0.3, -0.25) is 10.1 Å². The molecule has 0 radical (unpaired) electrons. The zero-order chi connectivity index (χ0) is 16.6. The van der Waals surface area contributed by atoms with Crippen molar-refractivity contribution in [2.75, 3.05) is 5.32 Å². The van der Waals surface area contributed by atoms with E-state index in [1.54, 1.807) is 25.3 Å². The number of aromatic nitrogens is 2. The number of amides is 1. The fraction of sp³-hybridized carbons (Fsp3) is 0.133. The molecule has 1 amide bonds. The number of carbonyl (C=O) groups excluding carboxylic acids is 1. The fourth-order valence-corrected chi connectivity index (χ4v) is 3.09. The topological polar surface area (TPSA) is 68.0 Å². The molecule has 0 fully saturated rings. The zero-order valence-electron chi connectivity index (χ0n) is 12.2. The van der Waals surface area contributed by atoms with Crippen molar-refractivity contribution < 1.29 is 13.7 Å². The van der Waals surface area contributed by atoms with Crippen molar-refractivity contribution in [2.24, 2.45) is 0 Å². The monoisotopic (exact) mass is 351 g/mol.